The van der Waals surface area contributed by atoms with E-state index in [1.807, 2.05) is 6.92 Å². The van der Waals surface area contributed by atoms with Crippen LogP contribution in [0.25, 0.3) is 0 Å². The highest BCUT2D eigenvalue weighted by atomic mass is 16.5. The van der Waals surface area contributed by atoms with Crippen molar-refractivity contribution in [3.63, 3.8) is 0 Å². The van der Waals surface area contributed by atoms with Crippen molar-refractivity contribution < 1.29 is 14.3 Å². The quantitative estimate of drug-likeness (QED) is 0.745. The van der Waals surface area contributed by atoms with Gasteiger partial charge in [0.1, 0.15) is 0 Å². The van der Waals surface area contributed by atoms with Crippen LogP contribution in [-0.4, -0.2) is 38.4 Å². The highest BCUT2D eigenvalue weighted by molar-refractivity contribution is 5.73. The lowest BCUT2D eigenvalue weighted by atomic mass is 9.93. The molecule has 1 aliphatic rings. The standard InChI is InChI=1S/C13H25NO3/c1-5-14-11-9-16-8-10(11)12(15)17-7-6-13(2,3)4/h10-11,14H,5-9H2,1-4H3. The second-order valence-electron chi connectivity index (χ2n) is 5.79. The van der Waals surface area contributed by atoms with Crippen LogP contribution in [0.1, 0.15) is 34.1 Å². The molecule has 0 spiro atoms. The summed E-state index contributed by atoms with van der Waals surface area (Å²) in [4.78, 5) is 11.9. The van der Waals surface area contributed by atoms with Crippen LogP contribution in [0.5, 0.6) is 0 Å². The van der Waals surface area contributed by atoms with E-state index in [0.29, 0.717) is 19.8 Å². The maximum Gasteiger partial charge on any atom is 0.312 e. The summed E-state index contributed by atoms with van der Waals surface area (Å²) in [5.41, 5.74) is 0.202. The number of carbonyl (C=O) groups is 1. The van der Waals surface area contributed by atoms with Gasteiger partial charge in [0.25, 0.3) is 0 Å². The molecule has 1 N–H and O–H groups in total. The van der Waals surface area contributed by atoms with Gasteiger partial charge in [-0.2, -0.15) is 0 Å². The molecule has 0 bridgehead atoms. The third-order valence-corrected chi connectivity index (χ3v) is 2.95. The number of carbonyl (C=O) groups excluding carboxylic acids is 1. The molecule has 17 heavy (non-hydrogen) atoms. The summed E-state index contributed by atoms with van der Waals surface area (Å²) in [6.45, 7) is 10.9. The van der Waals surface area contributed by atoms with Gasteiger partial charge in [0.2, 0.25) is 0 Å². The Bertz CT molecular complexity index is 248. The number of nitrogens with one attached hydrogen (secondary N) is 1. The van der Waals surface area contributed by atoms with Gasteiger partial charge in [-0.05, 0) is 18.4 Å². The minimum atomic E-state index is -0.144. The Morgan fingerprint density at radius 3 is 2.71 bits per heavy atom. The fourth-order valence-electron chi connectivity index (χ4n) is 1.81. The minimum absolute atomic E-state index is 0.113. The molecule has 2 atom stereocenters. The molecule has 1 rings (SSSR count). The van der Waals surface area contributed by atoms with Gasteiger partial charge in [-0.25, -0.2) is 0 Å². The van der Waals surface area contributed by atoms with E-state index in [2.05, 4.69) is 26.1 Å². The van der Waals surface area contributed by atoms with Crippen LogP contribution < -0.4 is 5.32 Å². The molecule has 2 unspecified atom stereocenters. The van der Waals surface area contributed by atoms with E-state index in [1.165, 1.54) is 0 Å². The van der Waals surface area contributed by atoms with Crippen molar-refractivity contribution in [3.05, 3.63) is 0 Å². The fraction of sp³-hybridized carbons (Fsp3) is 0.923. The first-order chi connectivity index (χ1) is 7.94. The number of ether oxygens (including phenoxy) is 2. The number of hydrogen-bond donors (Lipinski definition) is 1. The molecule has 0 aromatic carbocycles. The van der Waals surface area contributed by atoms with E-state index in [4.69, 9.17) is 9.47 Å². The summed E-state index contributed by atoms with van der Waals surface area (Å²) in [6.07, 6.45) is 0.887. The first-order valence-corrected chi connectivity index (χ1v) is 6.42. The van der Waals surface area contributed by atoms with Crippen molar-refractivity contribution >= 4 is 5.97 Å². The number of likely N-dealkylation sites (N-methyl/N-ethyl adjacent to an activating group) is 1. The molecule has 0 aliphatic carbocycles. The van der Waals surface area contributed by atoms with Gasteiger partial charge in [-0.15, -0.1) is 0 Å². The fourth-order valence-corrected chi connectivity index (χ4v) is 1.81. The Labute approximate surface area is 104 Å². The summed E-state index contributed by atoms with van der Waals surface area (Å²) in [7, 11) is 0. The average Bonchev–Trinajstić information content (AvgIpc) is 2.64. The summed E-state index contributed by atoms with van der Waals surface area (Å²) >= 11 is 0. The molecule has 100 valence electrons. The normalized spacial score (nSPS) is 24.9. The first kappa shape index (κ1) is 14.5. The van der Waals surface area contributed by atoms with Crippen molar-refractivity contribution in [1.29, 1.82) is 0 Å². The number of rotatable bonds is 5. The van der Waals surface area contributed by atoms with Gasteiger partial charge in [-0.3, -0.25) is 4.79 Å². The molecule has 4 heteroatoms. The lowest BCUT2D eigenvalue weighted by Crippen LogP contribution is -2.40. The van der Waals surface area contributed by atoms with Crippen LogP contribution in [0.2, 0.25) is 0 Å². The molecular formula is C13H25NO3. The number of hydrogen-bond acceptors (Lipinski definition) is 4. The van der Waals surface area contributed by atoms with Gasteiger partial charge in [0, 0.05) is 6.04 Å². The first-order valence-electron chi connectivity index (χ1n) is 6.42. The predicted molar refractivity (Wildman–Crippen MR) is 66.8 cm³/mol. The Balaban J connectivity index is 2.31. The van der Waals surface area contributed by atoms with Crippen molar-refractivity contribution in [2.45, 2.75) is 40.2 Å². The lowest BCUT2D eigenvalue weighted by Gasteiger charge is -2.20. The van der Waals surface area contributed by atoms with Crippen LogP contribution in [0.3, 0.4) is 0 Å². The van der Waals surface area contributed by atoms with Gasteiger partial charge in [0.05, 0.1) is 25.7 Å². The monoisotopic (exact) mass is 243 g/mol. The Morgan fingerprint density at radius 1 is 1.41 bits per heavy atom. The van der Waals surface area contributed by atoms with Crippen molar-refractivity contribution in [1.82, 2.24) is 5.32 Å². The lowest BCUT2D eigenvalue weighted by molar-refractivity contribution is -0.149. The Morgan fingerprint density at radius 2 is 2.12 bits per heavy atom. The predicted octanol–water partition coefficient (Wildman–Crippen LogP) is 1.59. The largest absolute Gasteiger partial charge is 0.465 e. The molecule has 0 radical (unpaired) electrons. The molecule has 4 nitrogen and oxygen atoms in total. The summed E-state index contributed by atoms with van der Waals surface area (Å²) in [5.74, 6) is -0.271. The highest BCUT2D eigenvalue weighted by Gasteiger charge is 2.34. The second-order valence-corrected chi connectivity index (χ2v) is 5.79. The van der Waals surface area contributed by atoms with Crippen molar-refractivity contribution in [2.75, 3.05) is 26.4 Å². The molecule has 1 fully saturated rings. The second kappa shape index (κ2) is 6.36. The molecule has 0 aromatic rings. The molecule has 1 saturated heterocycles. The average molecular weight is 243 g/mol. The van der Waals surface area contributed by atoms with Crippen LogP contribution in [0.15, 0.2) is 0 Å². The summed E-state index contributed by atoms with van der Waals surface area (Å²) in [6, 6.07) is 0.113. The Kier molecular flexibility index (Phi) is 5.40. The van der Waals surface area contributed by atoms with Crippen LogP contribution in [0.4, 0.5) is 0 Å². The molecular weight excluding hydrogens is 218 g/mol. The zero-order valence-corrected chi connectivity index (χ0v) is 11.4. The van der Waals surface area contributed by atoms with E-state index in [9.17, 15) is 4.79 Å². The Hall–Kier alpha value is -0.610. The van der Waals surface area contributed by atoms with Gasteiger partial charge in [0.15, 0.2) is 0 Å². The van der Waals surface area contributed by atoms with E-state index < -0.39 is 0 Å². The third kappa shape index (κ3) is 5.04. The summed E-state index contributed by atoms with van der Waals surface area (Å²) < 4.78 is 10.6. The van der Waals surface area contributed by atoms with Crippen molar-refractivity contribution in [3.8, 4) is 0 Å². The van der Waals surface area contributed by atoms with E-state index in [0.717, 1.165) is 13.0 Å². The SMILES string of the molecule is CCNC1COCC1C(=O)OCCC(C)(C)C. The maximum absolute atomic E-state index is 11.9. The smallest absolute Gasteiger partial charge is 0.312 e. The van der Waals surface area contributed by atoms with Crippen molar-refractivity contribution in [2.24, 2.45) is 11.3 Å². The van der Waals surface area contributed by atoms with Gasteiger partial charge in [-0.1, -0.05) is 27.7 Å². The van der Waals surface area contributed by atoms with Gasteiger partial charge < -0.3 is 14.8 Å². The minimum Gasteiger partial charge on any atom is -0.465 e. The molecule has 0 saturated carbocycles. The van der Waals surface area contributed by atoms with E-state index in [-0.39, 0.29) is 23.3 Å². The molecule has 0 amide bonds. The maximum atomic E-state index is 11.9. The van der Waals surface area contributed by atoms with Crippen LogP contribution in [0, 0.1) is 11.3 Å². The van der Waals surface area contributed by atoms with Gasteiger partial charge >= 0.3 is 5.97 Å². The number of esters is 1. The van der Waals surface area contributed by atoms with E-state index >= 15 is 0 Å². The topological polar surface area (TPSA) is 47.6 Å². The molecule has 1 heterocycles. The van der Waals surface area contributed by atoms with E-state index in [1.54, 1.807) is 0 Å². The highest BCUT2D eigenvalue weighted by Crippen LogP contribution is 2.20. The third-order valence-electron chi connectivity index (χ3n) is 2.95. The molecule has 1 aliphatic heterocycles. The van der Waals surface area contributed by atoms with Crippen LogP contribution in [-0.2, 0) is 14.3 Å². The van der Waals surface area contributed by atoms with Crippen LogP contribution >= 0.6 is 0 Å². The molecule has 0 aromatic heterocycles. The zero-order valence-electron chi connectivity index (χ0n) is 11.4. The zero-order chi connectivity index (χ0) is 12.9. The summed E-state index contributed by atoms with van der Waals surface area (Å²) in [5, 5.41) is 3.26.